The minimum absolute atomic E-state index is 0.255. The van der Waals surface area contributed by atoms with Gasteiger partial charge in [0.05, 0.1) is 17.2 Å². The summed E-state index contributed by atoms with van der Waals surface area (Å²) in [6, 6.07) is 20.2. The van der Waals surface area contributed by atoms with Gasteiger partial charge in [-0.05, 0) is 60.7 Å². The Balaban J connectivity index is 1.63. The predicted octanol–water partition coefficient (Wildman–Crippen LogP) is 4.02. The summed E-state index contributed by atoms with van der Waals surface area (Å²) in [5.41, 5.74) is 3.66. The monoisotopic (exact) mass is 357 g/mol. The lowest BCUT2D eigenvalue weighted by atomic mass is 10.2. The van der Waals surface area contributed by atoms with Crippen LogP contribution in [0.3, 0.4) is 0 Å². The molecule has 6 heteroatoms. The van der Waals surface area contributed by atoms with Crippen LogP contribution in [-0.2, 0) is 0 Å². The lowest BCUT2D eigenvalue weighted by Gasteiger charge is -2.13. The number of nitrogens with one attached hydrogen (secondary N) is 2. The summed E-state index contributed by atoms with van der Waals surface area (Å²) in [6.45, 7) is 0. The highest BCUT2D eigenvalue weighted by Gasteiger charge is 2.07. The SMILES string of the molecule is CN(C)c1ccc(Nc2ccc(C(=O)Nc3ccc(C#N)cc3)cn2)cc1. The van der Waals surface area contributed by atoms with Crippen LogP contribution in [0.5, 0.6) is 0 Å². The van der Waals surface area contributed by atoms with Crippen molar-refractivity contribution in [2.24, 2.45) is 0 Å². The van der Waals surface area contributed by atoms with Crippen LogP contribution in [0.15, 0.2) is 66.9 Å². The van der Waals surface area contributed by atoms with Crippen LogP contribution in [0.2, 0.25) is 0 Å². The van der Waals surface area contributed by atoms with E-state index >= 15 is 0 Å². The van der Waals surface area contributed by atoms with Gasteiger partial charge in [-0.1, -0.05) is 0 Å². The van der Waals surface area contributed by atoms with E-state index in [1.807, 2.05) is 49.3 Å². The van der Waals surface area contributed by atoms with E-state index in [1.54, 1.807) is 36.4 Å². The van der Waals surface area contributed by atoms with Gasteiger partial charge in [-0.3, -0.25) is 4.79 Å². The summed E-state index contributed by atoms with van der Waals surface area (Å²) >= 11 is 0. The number of aromatic nitrogens is 1. The fourth-order valence-corrected chi connectivity index (χ4v) is 2.42. The number of rotatable bonds is 5. The average Bonchev–Trinajstić information content (AvgIpc) is 2.69. The zero-order valence-corrected chi connectivity index (χ0v) is 15.1. The van der Waals surface area contributed by atoms with Crippen molar-refractivity contribution < 1.29 is 4.79 Å². The van der Waals surface area contributed by atoms with Crippen molar-refractivity contribution in [1.29, 1.82) is 5.26 Å². The Kier molecular flexibility index (Phi) is 5.33. The van der Waals surface area contributed by atoms with E-state index in [9.17, 15) is 4.79 Å². The van der Waals surface area contributed by atoms with Crippen LogP contribution in [0.25, 0.3) is 0 Å². The summed E-state index contributed by atoms with van der Waals surface area (Å²) in [5.74, 6) is 0.400. The second kappa shape index (κ2) is 8.02. The molecule has 0 unspecified atom stereocenters. The zero-order chi connectivity index (χ0) is 19.2. The van der Waals surface area contributed by atoms with E-state index < -0.39 is 0 Å². The number of nitriles is 1. The first kappa shape index (κ1) is 18.0. The smallest absolute Gasteiger partial charge is 0.257 e. The first-order valence-corrected chi connectivity index (χ1v) is 8.37. The van der Waals surface area contributed by atoms with Crippen molar-refractivity contribution in [2.75, 3.05) is 29.6 Å². The fraction of sp³-hybridized carbons (Fsp3) is 0.0952. The van der Waals surface area contributed by atoms with Crippen molar-refractivity contribution in [2.45, 2.75) is 0 Å². The zero-order valence-electron chi connectivity index (χ0n) is 15.1. The second-order valence-corrected chi connectivity index (χ2v) is 6.14. The van der Waals surface area contributed by atoms with Crippen molar-refractivity contribution in [3.05, 3.63) is 78.0 Å². The van der Waals surface area contributed by atoms with Crippen molar-refractivity contribution in [1.82, 2.24) is 4.98 Å². The van der Waals surface area contributed by atoms with Crippen LogP contribution < -0.4 is 15.5 Å². The van der Waals surface area contributed by atoms with Gasteiger partial charge in [-0.15, -0.1) is 0 Å². The molecule has 1 amide bonds. The third kappa shape index (κ3) is 4.61. The molecule has 3 aromatic rings. The lowest BCUT2D eigenvalue weighted by molar-refractivity contribution is 0.102. The molecule has 0 aliphatic carbocycles. The lowest BCUT2D eigenvalue weighted by Crippen LogP contribution is -2.12. The van der Waals surface area contributed by atoms with Gasteiger partial charge in [-0.2, -0.15) is 5.26 Å². The normalized spacial score (nSPS) is 9.96. The number of amides is 1. The summed E-state index contributed by atoms with van der Waals surface area (Å²) in [7, 11) is 3.98. The summed E-state index contributed by atoms with van der Waals surface area (Å²) < 4.78 is 0. The predicted molar refractivity (Wildman–Crippen MR) is 107 cm³/mol. The summed E-state index contributed by atoms with van der Waals surface area (Å²) in [4.78, 5) is 18.6. The molecule has 1 aromatic heterocycles. The summed E-state index contributed by atoms with van der Waals surface area (Å²) in [6.07, 6.45) is 1.52. The van der Waals surface area contributed by atoms with Crippen LogP contribution >= 0.6 is 0 Å². The fourth-order valence-electron chi connectivity index (χ4n) is 2.42. The Hall–Kier alpha value is -3.85. The molecule has 27 heavy (non-hydrogen) atoms. The highest BCUT2D eigenvalue weighted by molar-refractivity contribution is 6.04. The number of pyridine rings is 1. The molecule has 0 fully saturated rings. The highest BCUT2D eigenvalue weighted by Crippen LogP contribution is 2.19. The standard InChI is InChI=1S/C21H19N5O/c1-26(2)19-10-8-17(9-11-19)24-20-12-5-16(14-23-20)21(27)25-18-6-3-15(13-22)4-7-18/h3-12,14H,1-2H3,(H,23,24)(H,25,27). The van der Waals surface area contributed by atoms with Crippen molar-refractivity contribution >= 4 is 28.8 Å². The molecule has 0 aliphatic rings. The second-order valence-electron chi connectivity index (χ2n) is 6.14. The van der Waals surface area contributed by atoms with Gasteiger partial charge in [0, 0.05) is 37.4 Å². The Bertz CT molecular complexity index is 955. The third-order valence-corrected chi connectivity index (χ3v) is 3.95. The number of hydrogen-bond donors (Lipinski definition) is 2. The molecule has 6 nitrogen and oxygen atoms in total. The van der Waals surface area contributed by atoms with Gasteiger partial charge < -0.3 is 15.5 Å². The van der Waals surface area contributed by atoms with Crippen LogP contribution in [0.4, 0.5) is 22.9 Å². The molecule has 0 aliphatic heterocycles. The number of nitrogens with zero attached hydrogens (tertiary/aromatic N) is 3. The number of carbonyl (C=O) groups excluding carboxylic acids is 1. The molecule has 2 N–H and O–H groups in total. The quantitative estimate of drug-likeness (QED) is 0.721. The number of carbonyl (C=O) groups is 1. The molecule has 2 aromatic carbocycles. The Morgan fingerprint density at radius 2 is 1.63 bits per heavy atom. The largest absolute Gasteiger partial charge is 0.378 e. The van der Waals surface area contributed by atoms with E-state index in [1.165, 1.54) is 6.20 Å². The molecule has 0 saturated carbocycles. The molecular weight excluding hydrogens is 338 g/mol. The highest BCUT2D eigenvalue weighted by atomic mass is 16.1. The average molecular weight is 357 g/mol. The van der Waals surface area contributed by atoms with E-state index in [0.29, 0.717) is 22.6 Å². The van der Waals surface area contributed by atoms with Gasteiger partial charge >= 0.3 is 0 Å². The van der Waals surface area contributed by atoms with Crippen LogP contribution in [-0.4, -0.2) is 25.0 Å². The van der Waals surface area contributed by atoms with Gasteiger partial charge in [0.15, 0.2) is 0 Å². The minimum Gasteiger partial charge on any atom is -0.378 e. The van der Waals surface area contributed by atoms with E-state index in [2.05, 4.69) is 15.6 Å². The van der Waals surface area contributed by atoms with Crippen molar-refractivity contribution in [3.8, 4) is 6.07 Å². The number of benzene rings is 2. The maximum Gasteiger partial charge on any atom is 0.257 e. The molecule has 0 atom stereocenters. The molecule has 1 heterocycles. The molecule has 134 valence electrons. The van der Waals surface area contributed by atoms with Crippen LogP contribution in [0, 0.1) is 11.3 Å². The summed E-state index contributed by atoms with van der Waals surface area (Å²) in [5, 5.41) is 14.8. The Morgan fingerprint density at radius 3 is 2.19 bits per heavy atom. The molecule has 0 bridgehead atoms. The molecule has 0 saturated heterocycles. The van der Waals surface area contributed by atoms with E-state index in [0.717, 1.165) is 11.4 Å². The number of hydrogen-bond acceptors (Lipinski definition) is 5. The van der Waals surface area contributed by atoms with Gasteiger partial charge in [0.1, 0.15) is 5.82 Å². The Morgan fingerprint density at radius 1 is 0.963 bits per heavy atom. The van der Waals surface area contributed by atoms with Crippen molar-refractivity contribution in [3.63, 3.8) is 0 Å². The van der Waals surface area contributed by atoms with Gasteiger partial charge in [0.2, 0.25) is 0 Å². The van der Waals surface area contributed by atoms with Gasteiger partial charge in [0.25, 0.3) is 5.91 Å². The molecule has 0 spiro atoms. The molecule has 3 rings (SSSR count). The van der Waals surface area contributed by atoms with E-state index in [-0.39, 0.29) is 5.91 Å². The maximum atomic E-state index is 12.3. The third-order valence-electron chi connectivity index (χ3n) is 3.95. The maximum absolute atomic E-state index is 12.3. The van der Waals surface area contributed by atoms with E-state index in [4.69, 9.17) is 5.26 Å². The number of anilines is 4. The van der Waals surface area contributed by atoms with Gasteiger partial charge in [-0.25, -0.2) is 4.98 Å². The minimum atomic E-state index is -0.255. The topological polar surface area (TPSA) is 81.0 Å². The molecule has 0 radical (unpaired) electrons. The molecular formula is C21H19N5O. The first-order valence-electron chi connectivity index (χ1n) is 8.37. The Labute approximate surface area is 158 Å². The van der Waals surface area contributed by atoms with Crippen LogP contribution in [0.1, 0.15) is 15.9 Å². The first-order chi connectivity index (χ1) is 13.0.